The molecule has 1 amide bonds. The van der Waals surface area contributed by atoms with E-state index in [-0.39, 0.29) is 5.91 Å². The first-order chi connectivity index (χ1) is 8.45. The van der Waals surface area contributed by atoms with Crippen LogP contribution in [-0.4, -0.2) is 11.9 Å². The van der Waals surface area contributed by atoms with E-state index in [1.54, 1.807) is 6.92 Å². The summed E-state index contributed by atoms with van der Waals surface area (Å²) < 4.78 is 25.8. The van der Waals surface area contributed by atoms with Crippen LogP contribution in [0.3, 0.4) is 0 Å². The average molecular weight is 256 g/mol. The van der Waals surface area contributed by atoms with Crippen molar-refractivity contribution in [2.45, 2.75) is 38.8 Å². The summed E-state index contributed by atoms with van der Waals surface area (Å²) in [4.78, 5) is 11.7. The van der Waals surface area contributed by atoms with Gasteiger partial charge in [-0.1, -0.05) is 19.4 Å². The van der Waals surface area contributed by atoms with Gasteiger partial charge in [0.2, 0.25) is 5.91 Å². The topological polar surface area (TPSA) is 55.1 Å². The standard InChI is InChI=1S/C13H18F2N2O/c1-3-4-12(16)13(18)17-8(2)9-5-6-10(14)11(15)7-9/h5-8,12H,3-4,16H2,1-2H3,(H,17,18)/t8?,12-/m0/s1. The van der Waals surface area contributed by atoms with E-state index < -0.39 is 23.7 Å². The zero-order chi connectivity index (χ0) is 13.7. The van der Waals surface area contributed by atoms with Gasteiger partial charge >= 0.3 is 0 Å². The van der Waals surface area contributed by atoms with Gasteiger partial charge in [-0.2, -0.15) is 0 Å². The largest absolute Gasteiger partial charge is 0.348 e. The van der Waals surface area contributed by atoms with Gasteiger partial charge in [0, 0.05) is 0 Å². The number of hydrogen-bond acceptors (Lipinski definition) is 2. The molecule has 0 aliphatic rings. The fourth-order valence-electron chi connectivity index (χ4n) is 1.63. The van der Waals surface area contributed by atoms with E-state index >= 15 is 0 Å². The van der Waals surface area contributed by atoms with E-state index in [4.69, 9.17) is 5.73 Å². The average Bonchev–Trinajstić information content (AvgIpc) is 2.32. The number of benzene rings is 1. The molecule has 3 N–H and O–H groups in total. The maximum absolute atomic E-state index is 13.0. The van der Waals surface area contributed by atoms with E-state index in [0.29, 0.717) is 12.0 Å². The molecule has 1 aromatic rings. The van der Waals surface area contributed by atoms with E-state index in [9.17, 15) is 13.6 Å². The number of halogens is 2. The normalized spacial score (nSPS) is 14.1. The lowest BCUT2D eigenvalue weighted by molar-refractivity contribution is -0.123. The SMILES string of the molecule is CCC[C@H](N)C(=O)NC(C)c1ccc(F)c(F)c1. The van der Waals surface area contributed by atoms with Crippen LogP contribution in [0, 0.1) is 11.6 Å². The highest BCUT2D eigenvalue weighted by Crippen LogP contribution is 2.16. The fourth-order valence-corrected chi connectivity index (χ4v) is 1.63. The molecule has 0 saturated heterocycles. The lowest BCUT2D eigenvalue weighted by atomic mass is 10.1. The van der Waals surface area contributed by atoms with Gasteiger partial charge in [0.15, 0.2) is 11.6 Å². The lowest BCUT2D eigenvalue weighted by Crippen LogP contribution is -2.41. The zero-order valence-electron chi connectivity index (χ0n) is 10.5. The van der Waals surface area contributed by atoms with Crippen molar-refractivity contribution in [3.63, 3.8) is 0 Å². The Morgan fingerprint density at radius 3 is 2.61 bits per heavy atom. The number of rotatable bonds is 5. The summed E-state index contributed by atoms with van der Waals surface area (Å²) in [6.07, 6.45) is 1.41. The molecule has 0 aliphatic carbocycles. The van der Waals surface area contributed by atoms with Gasteiger partial charge < -0.3 is 11.1 Å². The molecule has 1 rings (SSSR count). The molecule has 0 fully saturated rings. The molecule has 1 aromatic carbocycles. The van der Waals surface area contributed by atoms with Gasteiger partial charge in [-0.05, 0) is 31.0 Å². The molecule has 0 aromatic heterocycles. The van der Waals surface area contributed by atoms with Gasteiger partial charge in [0.05, 0.1) is 12.1 Å². The smallest absolute Gasteiger partial charge is 0.237 e. The molecule has 5 heteroatoms. The molecule has 18 heavy (non-hydrogen) atoms. The second-order valence-electron chi connectivity index (χ2n) is 4.30. The van der Waals surface area contributed by atoms with Crippen LogP contribution in [0.25, 0.3) is 0 Å². The molecular formula is C13H18F2N2O. The summed E-state index contributed by atoms with van der Waals surface area (Å²) in [5, 5.41) is 2.67. The second kappa shape index (κ2) is 6.44. The minimum absolute atomic E-state index is 0.283. The van der Waals surface area contributed by atoms with Crippen LogP contribution < -0.4 is 11.1 Å². The lowest BCUT2D eigenvalue weighted by Gasteiger charge is -2.17. The van der Waals surface area contributed by atoms with Crippen LogP contribution in [-0.2, 0) is 4.79 Å². The third kappa shape index (κ3) is 3.77. The van der Waals surface area contributed by atoms with Gasteiger partial charge in [0.25, 0.3) is 0 Å². The predicted molar refractivity (Wildman–Crippen MR) is 65.8 cm³/mol. The highest BCUT2D eigenvalue weighted by atomic mass is 19.2. The summed E-state index contributed by atoms with van der Waals surface area (Å²) in [6.45, 7) is 3.63. The molecule has 100 valence electrons. The van der Waals surface area contributed by atoms with E-state index in [0.717, 1.165) is 18.6 Å². The van der Waals surface area contributed by atoms with Crippen LogP contribution in [0.2, 0.25) is 0 Å². The van der Waals surface area contributed by atoms with E-state index in [2.05, 4.69) is 5.32 Å². The first kappa shape index (κ1) is 14.6. The van der Waals surface area contributed by atoms with Gasteiger partial charge in [0.1, 0.15) is 0 Å². The third-order valence-corrected chi connectivity index (χ3v) is 2.74. The Hall–Kier alpha value is -1.49. The van der Waals surface area contributed by atoms with Crippen molar-refractivity contribution in [3.8, 4) is 0 Å². The third-order valence-electron chi connectivity index (χ3n) is 2.74. The van der Waals surface area contributed by atoms with Crippen LogP contribution in [0.1, 0.15) is 38.3 Å². The Balaban J connectivity index is 2.67. The zero-order valence-corrected chi connectivity index (χ0v) is 10.5. The Morgan fingerprint density at radius 1 is 1.39 bits per heavy atom. The summed E-state index contributed by atoms with van der Waals surface area (Å²) in [6, 6.07) is 2.58. The number of carbonyl (C=O) groups excluding carboxylic acids is 1. The van der Waals surface area contributed by atoms with Gasteiger partial charge in [-0.3, -0.25) is 4.79 Å². The summed E-state index contributed by atoms with van der Waals surface area (Å²) in [7, 11) is 0. The minimum atomic E-state index is -0.925. The van der Waals surface area contributed by atoms with Gasteiger partial charge in [-0.15, -0.1) is 0 Å². The first-order valence-electron chi connectivity index (χ1n) is 5.96. The molecule has 0 bridgehead atoms. The summed E-state index contributed by atoms with van der Waals surface area (Å²) >= 11 is 0. The maximum Gasteiger partial charge on any atom is 0.237 e. The van der Waals surface area contributed by atoms with Crippen molar-refractivity contribution in [2.24, 2.45) is 5.73 Å². The fraction of sp³-hybridized carbons (Fsp3) is 0.462. The molecule has 0 saturated carbocycles. The molecule has 2 atom stereocenters. The first-order valence-corrected chi connectivity index (χ1v) is 5.96. The van der Waals surface area contributed by atoms with Crippen molar-refractivity contribution in [1.29, 1.82) is 0 Å². The Morgan fingerprint density at radius 2 is 2.06 bits per heavy atom. The van der Waals surface area contributed by atoms with Crippen molar-refractivity contribution in [2.75, 3.05) is 0 Å². The van der Waals surface area contributed by atoms with Crippen LogP contribution in [0.4, 0.5) is 8.78 Å². The number of hydrogen-bond donors (Lipinski definition) is 2. The number of nitrogens with two attached hydrogens (primary N) is 1. The highest BCUT2D eigenvalue weighted by molar-refractivity contribution is 5.81. The Bertz CT molecular complexity index is 423. The molecule has 0 heterocycles. The number of nitrogens with one attached hydrogen (secondary N) is 1. The van der Waals surface area contributed by atoms with Gasteiger partial charge in [-0.25, -0.2) is 8.78 Å². The molecule has 1 unspecified atom stereocenters. The van der Waals surface area contributed by atoms with E-state index in [1.165, 1.54) is 6.07 Å². The number of amides is 1. The van der Waals surface area contributed by atoms with Crippen LogP contribution >= 0.6 is 0 Å². The van der Waals surface area contributed by atoms with Crippen molar-refractivity contribution >= 4 is 5.91 Å². The molecule has 0 radical (unpaired) electrons. The number of carbonyl (C=O) groups is 1. The maximum atomic E-state index is 13.0. The summed E-state index contributed by atoms with van der Waals surface area (Å²) in [5.74, 6) is -2.11. The van der Waals surface area contributed by atoms with Crippen molar-refractivity contribution in [3.05, 3.63) is 35.4 Å². The predicted octanol–water partition coefficient (Wildman–Crippen LogP) is 2.27. The van der Waals surface area contributed by atoms with Crippen molar-refractivity contribution in [1.82, 2.24) is 5.32 Å². The molecule has 0 spiro atoms. The Kier molecular flexibility index (Phi) is 5.22. The molecule has 3 nitrogen and oxygen atoms in total. The van der Waals surface area contributed by atoms with Crippen molar-refractivity contribution < 1.29 is 13.6 Å². The van der Waals surface area contributed by atoms with Crippen LogP contribution in [0.15, 0.2) is 18.2 Å². The summed E-state index contributed by atoms with van der Waals surface area (Å²) in [5.41, 5.74) is 6.17. The quantitative estimate of drug-likeness (QED) is 0.849. The molecule has 0 aliphatic heterocycles. The second-order valence-corrected chi connectivity index (χ2v) is 4.30. The molecular weight excluding hydrogens is 238 g/mol. The minimum Gasteiger partial charge on any atom is -0.348 e. The highest BCUT2D eigenvalue weighted by Gasteiger charge is 2.16. The van der Waals surface area contributed by atoms with E-state index in [1.807, 2.05) is 6.92 Å². The Labute approximate surface area is 105 Å². The van der Waals surface area contributed by atoms with Crippen LogP contribution in [0.5, 0.6) is 0 Å². The monoisotopic (exact) mass is 256 g/mol.